The first-order valence-electron chi connectivity index (χ1n) is 9.49. The van der Waals surface area contributed by atoms with E-state index in [0.717, 1.165) is 12.8 Å². The van der Waals surface area contributed by atoms with Crippen LogP contribution in [0.1, 0.15) is 21.5 Å². The summed E-state index contributed by atoms with van der Waals surface area (Å²) in [6.45, 7) is 13.2. The second-order valence-electron chi connectivity index (χ2n) is 6.97. The van der Waals surface area contributed by atoms with Gasteiger partial charge in [0, 0.05) is 0 Å². The molecule has 1 aromatic rings. The molecule has 0 aromatic heterocycles. The van der Waals surface area contributed by atoms with Crippen LogP contribution in [-0.4, -0.2) is 52.2 Å². The van der Waals surface area contributed by atoms with Gasteiger partial charge in [0.15, 0.2) is 0 Å². The number of esters is 1. The summed E-state index contributed by atoms with van der Waals surface area (Å²) in [5.41, 5.74) is 2.46. The SMILES string of the molecule is C=CCOCC(COCC=C)(COCC=C)COC(=O)c1ccc2c(c1)CC2. The van der Waals surface area contributed by atoms with Crippen molar-refractivity contribution in [1.82, 2.24) is 0 Å². The summed E-state index contributed by atoms with van der Waals surface area (Å²) in [4.78, 5) is 12.6. The Balaban J connectivity index is 2.05. The Morgan fingerprint density at radius 1 is 0.857 bits per heavy atom. The molecular formula is C23H30O5. The molecule has 1 aliphatic carbocycles. The molecule has 0 amide bonds. The van der Waals surface area contributed by atoms with Gasteiger partial charge in [-0.25, -0.2) is 4.79 Å². The molecule has 1 aromatic carbocycles. The van der Waals surface area contributed by atoms with Crippen LogP contribution in [0.2, 0.25) is 0 Å². The van der Waals surface area contributed by atoms with Crippen LogP contribution in [0.15, 0.2) is 56.2 Å². The van der Waals surface area contributed by atoms with E-state index in [1.807, 2.05) is 18.2 Å². The van der Waals surface area contributed by atoms with Gasteiger partial charge >= 0.3 is 5.97 Å². The molecule has 0 bridgehead atoms. The number of rotatable bonds is 15. The van der Waals surface area contributed by atoms with Crippen LogP contribution in [0, 0.1) is 5.41 Å². The zero-order valence-electron chi connectivity index (χ0n) is 16.5. The molecule has 2 rings (SSSR count). The topological polar surface area (TPSA) is 54.0 Å². The normalized spacial score (nSPS) is 12.6. The molecule has 0 aliphatic heterocycles. The van der Waals surface area contributed by atoms with Crippen LogP contribution in [0.5, 0.6) is 0 Å². The highest BCUT2D eigenvalue weighted by molar-refractivity contribution is 5.89. The van der Waals surface area contributed by atoms with Gasteiger partial charge in [0.05, 0.1) is 50.6 Å². The second-order valence-corrected chi connectivity index (χ2v) is 6.97. The number of ether oxygens (including phenoxy) is 4. The lowest BCUT2D eigenvalue weighted by molar-refractivity contribution is -0.0865. The number of fused-ring (bicyclic) bond motifs is 1. The Labute approximate surface area is 167 Å². The molecule has 0 heterocycles. The number of hydrogen-bond acceptors (Lipinski definition) is 5. The van der Waals surface area contributed by atoms with E-state index >= 15 is 0 Å². The van der Waals surface area contributed by atoms with Gasteiger partial charge < -0.3 is 18.9 Å². The Hall–Kier alpha value is -2.21. The first-order chi connectivity index (χ1) is 13.6. The van der Waals surface area contributed by atoms with Crippen LogP contribution < -0.4 is 0 Å². The van der Waals surface area contributed by atoms with Crippen LogP contribution in [0.4, 0.5) is 0 Å². The van der Waals surface area contributed by atoms with Crippen molar-refractivity contribution in [3.63, 3.8) is 0 Å². The Bertz CT molecular complexity index is 644. The number of carbonyl (C=O) groups is 1. The fraction of sp³-hybridized carbons (Fsp3) is 0.435. The minimum absolute atomic E-state index is 0.119. The van der Waals surface area contributed by atoms with Gasteiger partial charge in [0.1, 0.15) is 6.61 Å². The van der Waals surface area contributed by atoms with E-state index in [1.165, 1.54) is 11.1 Å². The average molecular weight is 386 g/mol. The zero-order chi connectivity index (χ0) is 20.2. The highest BCUT2D eigenvalue weighted by Crippen LogP contribution is 2.25. The van der Waals surface area contributed by atoms with Crippen molar-refractivity contribution in [2.45, 2.75) is 12.8 Å². The third-order valence-corrected chi connectivity index (χ3v) is 4.55. The molecule has 0 radical (unpaired) electrons. The Morgan fingerprint density at radius 3 is 1.82 bits per heavy atom. The molecular weight excluding hydrogens is 356 g/mol. The fourth-order valence-corrected chi connectivity index (χ4v) is 2.95. The van der Waals surface area contributed by atoms with Crippen molar-refractivity contribution in [3.8, 4) is 0 Å². The largest absolute Gasteiger partial charge is 0.461 e. The van der Waals surface area contributed by atoms with Crippen molar-refractivity contribution in [3.05, 3.63) is 72.9 Å². The third kappa shape index (κ3) is 6.44. The van der Waals surface area contributed by atoms with Crippen molar-refractivity contribution >= 4 is 5.97 Å². The summed E-state index contributed by atoms with van der Waals surface area (Å²) < 4.78 is 22.7. The van der Waals surface area contributed by atoms with E-state index in [1.54, 1.807) is 18.2 Å². The summed E-state index contributed by atoms with van der Waals surface area (Å²) in [6, 6.07) is 5.73. The van der Waals surface area contributed by atoms with Crippen molar-refractivity contribution in [2.75, 3.05) is 46.2 Å². The van der Waals surface area contributed by atoms with Gasteiger partial charge in [0.25, 0.3) is 0 Å². The molecule has 1 aliphatic rings. The minimum Gasteiger partial charge on any atom is -0.461 e. The molecule has 0 unspecified atom stereocenters. The molecule has 0 saturated carbocycles. The lowest BCUT2D eigenvalue weighted by Gasteiger charge is -2.32. The summed E-state index contributed by atoms with van der Waals surface area (Å²) in [5, 5.41) is 0. The molecule has 5 heteroatoms. The molecule has 5 nitrogen and oxygen atoms in total. The van der Waals surface area contributed by atoms with Crippen LogP contribution >= 0.6 is 0 Å². The highest BCUT2D eigenvalue weighted by Gasteiger charge is 2.34. The van der Waals surface area contributed by atoms with Crippen LogP contribution in [0.25, 0.3) is 0 Å². The maximum atomic E-state index is 12.6. The number of aryl methyl sites for hydroxylation is 2. The predicted octanol–water partition coefficient (Wildman–Crippen LogP) is 3.54. The average Bonchev–Trinajstić information content (AvgIpc) is 2.67. The molecule has 0 saturated heterocycles. The van der Waals surface area contributed by atoms with Crippen LogP contribution in [-0.2, 0) is 31.8 Å². The molecule has 0 N–H and O–H groups in total. The highest BCUT2D eigenvalue weighted by atomic mass is 16.5. The number of hydrogen-bond donors (Lipinski definition) is 0. The van der Waals surface area contributed by atoms with E-state index in [4.69, 9.17) is 18.9 Å². The van der Waals surface area contributed by atoms with Gasteiger partial charge in [-0.2, -0.15) is 0 Å². The van der Waals surface area contributed by atoms with Gasteiger partial charge in [0.2, 0.25) is 0 Å². The predicted molar refractivity (Wildman–Crippen MR) is 110 cm³/mol. The quantitative estimate of drug-likeness (QED) is 0.262. The molecule has 0 spiro atoms. The maximum absolute atomic E-state index is 12.6. The lowest BCUT2D eigenvalue weighted by atomic mass is 9.87. The Morgan fingerprint density at radius 2 is 1.39 bits per heavy atom. The van der Waals surface area contributed by atoms with Gasteiger partial charge in [-0.15, -0.1) is 19.7 Å². The third-order valence-electron chi connectivity index (χ3n) is 4.55. The van der Waals surface area contributed by atoms with E-state index in [2.05, 4.69) is 19.7 Å². The fourth-order valence-electron chi connectivity index (χ4n) is 2.95. The Kier molecular flexibility index (Phi) is 9.14. The van der Waals surface area contributed by atoms with E-state index in [0.29, 0.717) is 45.2 Å². The maximum Gasteiger partial charge on any atom is 0.338 e. The van der Waals surface area contributed by atoms with Crippen molar-refractivity contribution < 1.29 is 23.7 Å². The van der Waals surface area contributed by atoms with Crippen molar-refractivity contribution in [1.29, 1.82) is 0 Å². The van der Waals surface area contributed by atoms with E-state index < -0.39 is 5.41 Å². The number of benzene rings is 1. The first-order valence-corrected chi connectivity index (χ1v) is 9.49. The second kappa shape index (κ2) is 11.6. The summed E-state index contributed by atoms with van der Waals surface area (Å²) >= 11 is 0. The molecule has 0 atom stereocenters. The van der Waals surface area contributed by atoms with Gasteiger partial charge in [-0.3, -0.25) is 0 Å². The number of carbonyl (C=O) groups excluding carboxylic acids is 1. The standard InChI is InChI=1S/C23H30O5/c1-4-11-25-15-23(16-26-12-5-2,17-27-13-6-3)18-28-22(24)21-10-8-19-7-9-20(19)14-21/h4-6,8,10,14H,1-3,7,9,11-13,15-18H2. The molecule has 152 valence electrons. The molecule has 0 fully saturated rings. The molecule has 28 heavy (non-hydrogen) atoms. The summed E-state index contributed by atoms with van der Waals surface area (Å²) in [7, 11) is 0. The zero-order valence-corrected chi connectivity index (χ0v) is 16.5. The summed E-state index contributed by atoms with van der Waals surface area (Å²) in [5.74, 6) is -0.352. The van der Waals surface area contributed by atoms with E-state index in [9.17, 15) is 4.79 Å². The first kappa shape index (κ1) is 22.1. The van der Waals surface area contributed by atoms with Crippen LogP contribution in [0.3, 0.4) is 0 Å². The van der Waals surface area contributed by atoms with Gasteiger partial charge in [-0.05, 0) is 36.1 Å². The van der Waals surface area contributed by atoms with Gasteiger partial charge in [-0.1, -0.05) is 24.3 Å². The monoisotopic (exact) mass is 386 g/mol. The van der Waals surface area contributed by atoms with E-state index in [-0.39, 0.29) is 12.6 Å². The summed E-state index contributed by atoms with van der Waals surface area (Å²) in [6.07, 6.45) is 7.12. The smallest absolute Gasteiger partial charge is 0.338 e. The lowest BCUT2D eigenvalue weighted by Crippen LogP contribution is -2.42. The van der Waals surface area contributed by atoms with Crippen molar-refractivity contribution in [2.24, 2.45) is 5.41 Å². The minimum atomic E-state index is -0.634.